The molecule has 0 aliphatic carbocycles. The fourth-order valence-electron chi connectivity index (χ4n) is 1.54. The van der Waals surface area contributed by atoms with Crippen molar-refractivity contribution in [3.05, 3.63) is 36.2 Å². The highest BCUT2D eigenvalue weighted by Crippen LogP contribution is 2.32. The van der Waals surface area contributed by atoms with Gasteiger partial charge in [-0.25, -0.2) is 9.97 Å². The molecule has 0 spiro atoms. The third-order valence-electron chi connectivity index (χ3n) is 2.40. The average Bonchev–Trinajstić information content (AvgIpc) is 2.28. The van der Waals surface area contributed by atoms with Gasteiger partial charge in [-0.15, -0.1) is 0 Å². The first-order chi connectivity index (χ1) is 7.98. The van der Waals surface area contributed by atoms with Gasteiger partial charge in [0.25, 0.3) is 0 Å². The summed E-state index contributed by atoms with van der Waals surface area (Å²) in [5.41, 5.74) is 1.46. The van der Waals surface area contributed by atoms with E-state index in [1.165, 1.54) is 0 Å². The Morgan fingerprint density at radius 2 is 1.88 bits per heavy atom. The van der Waals surface area contributed by atoms with Crippen molar-refractivity contribution in [1.29, 1.82) is 0 Å². The van der Waals surface area contributed by atoms with Crippen LogP contribution in [-0.4, -0.2) is 25.0 Å². The smallest absolute Gasteiger partial charge is 0.216 e. The fraction of sp³-hybridized carbons (Fsp3) is 0.273. The molecule has 0 aromatic carbocycles. The molecule has 0 amide bonds. The molecule has 0 unspecified atom stereocenters. The summed E-state index contributed by atoms with van der Waals surface area (Å²) < 4.78 is -1.70. The zero-order chi connectivity index (χ0) is 12.5. The molecule has 90 valence electrons. The number of rotatable bonds is 2. The number of hydrogen-bond acceptors (Lipinski definition) is 3. The third kappa shape index (κ3) is 2.99. The number of fused-ring (bicyclic) bond motifs is 1. The van der Waals surface area contributed by atoms with Gasteiger partial charge in [-0.3, -0.25) is 0 Å². The Bertz CT molecular complexity index is 522. The molecule has 0 aliphatic rings. The predicted molar refractivity (Wildman–Crippen MR) is 69.5 cm³/mol. The second-order valence-corrected chi connectivity index (χ2v) is 5.98. The highest BCUT2D eigenvalue weighted by atomic mass is 35.6. The lowest BCUT2D eigenvalue weighted by Gasteiger charge is -2.19. The van der Waals surface area contributed by atoms with E-state index in [0.717, 1.165) is 10.9 Å². The van der Waals surface area contributed by atoms with Crippen LogP contribution < -0.4 is 0 Å². The van der Waals surface area contributed by atoms with Crippen molar-refractivity contribution >= 4 is 45.8 Å². The minimum Gasteiger partial charge on any atom is -0.388 e. The van der Waals surface area contributed by atoms with Crippen molar-refractivity contribution in [3.63, 3.8) is 0 Å². The van der Waals surface area contributed by atoms with Crippen LogP contribution in [0.3, 0.4) is 0 Å². The number of halogens is 3. The van der Waals surface area contributed by atoms with Gasteiger partial charge in [0.05, 0.1) is 0 Å². The molecule has 3 nitrogen and oxygen atoms in total. The van der Waals surface area contributed by atoms with Crippen LogP contribution in [0.1, 0.15) is 5.56 Å². The third-order valence-corrected chi connectivity index (χ3v) is 3.15. The second kappa shape index (κ2) is 4.94. The highest BCUT2D eigenvalue weighted by Gasteiger charge is 2.31. The number of nitrogens with zero attached hydrogens (tertiary/aromatic N) is 2. The number of pyridine rings is 2. The van der Waals surface area contributed by atoms with E-state index >= 15 is 0 Å². The monoisotopic (exact) mass is 290 g/mol. The van der Waals surface area contributed by atoms with Crippen LogP contribution in [-0.2, 0) is 6.42 Å². The zero-order valence-electron chi connectivity index (χ0n) is 8.65. The molecule has 0 bridgehead atoms. The Labute approximate surface area is 113 Å². The van der Waals surface area contributed by atoms with Crippen LogP contribution >= 0.6 is 34.8 Å². The van der Waals surface area contributed by atoms with Crippen molar-refractivity contribution in [1.82, 2.24) is 9.97 Å². The predicted octanol–water partition coefficient (Wildman–Crippen LogP) is 2.90. The molecular formula is C11H9Cl3N2O. The van der Waals surface area contributed by atoms with Crippen molar-refractivity contribution in [2.45, 2.75) is 16.3 Å². The summed E-state index contributed by atoms with van der Waals surface area (Å²) in [6.07, 6.45) is 2.44. The van der Waals surface area contributed by atoms with Crippen LogP contribution in [0.5, 0.6) is 0 Å². The minimum atomic E-state index is -1.70. The van der Waals surface area contributed by atoms with Crippen LogP contribution in [0.15, 0.2) is 30.6 Å². The van der Waals surface area contributed by atoms with Gasteiger partial charge in [-0.05, 0) is 23.8 Å². The van der Waals surface area contributed by atoms with Gasteiger partial charge in [0, 0.05) is 24.2 Å². The van der Waals surface area contributed by atoms with E-state index in [2.05, 4.69) is 9.97 Å². The molecule has 1 atom stereocenters. The number of alkyl halides is 3. The van der Waals surface area contributed by atoms with Crippen LogP contribution in [0.4, 0.5) is 0 Å². The molecule has 17 heavy (non-hydrogen) atoms. The van der Waals surface area contributed by atoms with Gasteiger partial charge >= 0.3 is 0 Å². The summed E-state index contributed by atoms with van der Waals surface area (Å²) in [4.78, 5) is 8.24. The van der Waals surface area contributed by atoms with Gasteiger partial charge < -0.3 is 5.11 Å². The molecule has 1 N–H and O–H groups in total. The van der Waals surface area contributed by atoms with Gasteiger partial charge in [-0.1, -0.05) is 34.8 Å². The van der Waals surface area contributed by atoms with Crippen LogP contribution in [0.25, 0.3) is 11.0 Å². The van der Waals surface area contributed by atoms with E-state index < -0.39 is 9.90 Å². The zero-order valence-corrected chi connectivity index (χ0v) is 10.9. The lowest BCUT2D eigenvalue weighted by atomic mass is 10.1. The van der Waals surface area contributed by atoms with Crippen molar-refractivity contribution < 1.29 is 5.11 Å². The molecule has 0 saturated carbocycles. The summed E-state index contributed by atoms with van der Waals surface area (Å²) in [5.74, 6) is 0. The van der Waals surface area contributed by atoms with Crippen molar-refractivity contribution in [3.8, 4) is 0 Å². The van der Waals surface area contributed by atoms with E-state index in [1.807, 2.05) is 6.07 Å². The maximum Gasteiger partial charge on any atom is 0.216 e. The van der Waals surface area contributed by atoms with E-state index in [9.17, 15) is 5.11 Å². The molecule has 2 heterocycles. The Balaban J connectivity index is 2.36. The number of aliphatic hydroxyl groups excluding tert-OH is 1. The SMILES string of the molecule is O[C@@H](Cc1ccnc2ncccc12)C(Cl)(Cl)Cl. The minimum absolute atomic E-state index is 0.237. The average molecular weight is 292 g/mol. The number of aliphatic hydroxyl groups is 1. The first-order valence-corrected chi connectivity index (χ1v) is 6.05. The van der Waals surface area contributed by atoms with E-state index in [-0.39, 0.29) is 6.42 Å². The Morgan fingerprint density at radius 1 is 1.18 bits per heavy atom. The Morgan fingerprint density at radius 3 is 2.59 bits per heavy atom. The molecule has 2 rings (SSSR count). The largest absolute Gasteiger partial charge is 0.388 e. The molecular weight excluding hydrogens is 282 g/mol. The van der Waals surface area contributed by atoms with Crippen LogP contribution in [0, 0.1) is 0 Å². The fourth-order valence-corrected chi connectivity index (χ4v) is 1.77. The first-order valence-electron chi connectivity index (χ1n) is 4.92. The standard InChI is InChI=1S/C11H9Cl3N2O/c12-11(13,14)9(17)6-7-3-5-16-10-8(7)2-1-4-15-10/h1-5,9,17H,6H2/t9-/m0/s1. The molecule has 6 heteroatoms. The number of hydrogen-bond donors (Lipinski definition) is 1. The van der Waals surface area contributed by atoms with E-state index in [0.29, 0.717) is 5.65 Å². The molecule has 0 saturated heterocycles. The maximum atomic E-state index is 9.76. The van der Waals surface area contributed by atoms with Gasteiger partial charge in [-0.2, -0.15) is 0 Å². The first kappa shape index (κ1) is 12.8. The van der Waals surface area contributed by atoms with Crippen molar-refractivity contribution in [2.75, 3.05) is 0 Å². The highest BCUT2D eigenvalue weighted by molar-refractivity contribution is 6.68. The maximum absolute atomic E-state index is 9.76. The summed E-state index contributed by atoms with van der Waals surface area (Å²) in [7, 11) is 0. The van der Waals surface area contributed by atoms with E-state index in [1.54, 1.807) is 24.5 Å². The lowest BCUT2D eigenvalue weighted by Crippen LogP contribution is -2.27. The lowest BCUT2D eigenvalue weighted by molar-refractivity contribution is 0.179. The van der Waals surface area contributed by atoms with Crippen molar-refractivity contribution in [2.24, 2.45) is 0 Å². The molecule has 0 radical (unpaired) electrons. The quantitative estimate of drug-likeness (QED) is 0.865. The molecule has 0 fully saturated rings. The second-order valence-electron chi connectivity index (χ2n) is 3.61. The Hall–Kier alpha value is -0.610. The van der Waals surface area contributed by atoms with Gasteiger partial charge in [0.15, 0.2) is 5.65 Å². The van der Waals surface area contributed by atoms with E-state index in [4.69, 9.17) is 34.8 Å². The Kier molecular flexibility index (Phi) is 3.73. The molecule has 2 aromatic heterocycles. The van der Waals surface area contributed by atoms with Gasteiger partial charge in [0.2, 0.25) is 3.79 Å². The topological polar surface area (TPSA) is 46.0 Å². The van der Waals surface area contributed by atoms with Crippen LogP contribution in [0.2, 0.25) is 0 Å². The summed E-state index contributed by atoms with van der Waals surface area (Å²) in [6.45, 7) is 0. The summed E-state index contributed by atoms with van der Waals surface area (Å²) in [6, 6.07) is 5.45. The van der Waals surface area contributed by atoms with Gasteiger partial charge in [0.1, 0.15) is 6.10 Å². The molecule has 0 aliphatic heterocycles. The number of aromatic nitrogens is 2. The summed E-state index contributed by atoms with van der Waals surface area (Å²) in [5, 5.41) is 10.6. The molecule has 2 aromatic rings. The normalized spacial score (nSPS) is 13.9. The summed E-state index contributed by atoms with van der Waals surface area (Å²) >= 11 is 16.9.